The minimum atomic E-state index is -0.301. The lowest BCUT2D eigenvalue weighted by atomic mass is 9.98. The zero-order valence-corrected chi connectivity index (χ0v) is 16.3. The molecule has 1 aliphatic heterocycles. The van der Waals surface area contributed by atoms with Crippen molar-refractivity contribution in [1.29, 1.82) is 0 Å². The van der Waals surface area contributed by atoms with Gasteiger partial charge in [0, 0.05) is 30.1 Å². The molecule has 2 aromatic carbocycles. The van der Waals surface area contributed by atoms with Crippen molar-refractivity contribution in [3.63, 3.8) is 0 Å². The molecule has 1 saturated heterocycles. The molecule has 6 nitrogen and oxygen atoms in total. The van der Waals surface area contributed by atoms with Gasteiger partial charge in [-0.3, -0.25) is 4.79 Å². The van der Waals surface area contributed by atoms with Gasteiger partial charge in [0.2, 0.25) is 0 Å². The molecule has 146 valence electrons. The number of halogens is 1. The van der Waals surface area contributed by atoms with Gasteiger partial charge in [0.15, 0.2) is 5.01 Å². The number of aromatic amines is 1. The van der Waals surface area contributed by atoms with E-state index in [1.807, 2.05) is 23.1 Å². The fourth-order valence-corrected chi connectivity index (χ4v) is 4.75. The van der Waals surface area contributed by atoms with E-state index in [4.69, 9.17) is 0 Å². The number of piperidine rings is 1. The maximum Gasteiger partial charge on any atom is 0.253 e. The molecule has 1 N–H and O–H groups in total. The molecule has 1 amide bonds. The Morgan fingerprint density at radius 2 is 2.10 bits per heavy atom. The van der Waals surface area contributed by atoms with E-state index in [-0.39, 0.29) is 17.6 Å². The number of imidazole rings is 1. The van der Waals surface area contributed by atoms with Crippen molar-refractivity contribution >= 4 is 28.3 Å². The van der Waals surface area contributed by atoms with Crippen LogP contribution in [0.1, 0.15) is 34.1 Å². The summed E-state index contributed by atoms with van der Waals surface area (Å²) in [6.07, 6.45) is 3.46. The number of aromatic nitrogens is 4. The van der Waals surface area contributed by atoms with Gasteiger partial charge in [-0.1, -0.05) is 23.5 Å². The molecule has 0 radical (unpaired) electrons. The van der Waals surface area contributed by atoms with Crippen molar-refractivity contribution in [2.24, 2.45) is 0 Å². The Labute approximate surface area is 170 Å². The Hall–Kier alpha value is -3.13. The Morgan fingerprint density at radius 1 is 1.21 bits per heavy atom. The Bertz CT molecular complexity index is 1190. The van der Waals surface area contributed by atoms with Gasteiger partial charge in [-0.2, -0.15) is 0 Å². The van der Waals surface area contributed by atoms with Crippen molar-refractivity contribution in [3.8, 4) is 10.6 Å². The molecule has 0 bridgehead atoms. The fourth-order valence-electron chi connectivity index (χ4n) is 3.76. The number of nitrogens with zero attached hydrogens (tertiary/aromatic N) is 4. The van der Waals surface area contributed by atoms with Crippen LogP contribution in [0, 0.1) is 5.82 Å². The number of hydrogen-bond acceptors (Lipinski definition) is 5. The first kappa shape index (κ1) is 17.9. The summed E-state index contributed by atoms with van der Waals surface area (Å²) >= 11 is 1.41. The molecule has 1 fully saturated rings. The molecule has 4 aromatic rings. The highest BCUT2D eigenvalue weighted by Crippen LogP contribution is 2.34. The van der Waals surface area contributed by atoms with E-state index in [1.54, 1.807) is 24.5 Å². The van der Waals surface area contributed by atoms with Gasteiger partial charge in [0.1, 0.15) is 10.8 Å². The van der Waals surface area contributed by atoms with Crippen molar-refractivity contribution in [3.05, 3.63) is 65.2 Å². The molecule has 0 spiro atoms. The smallest absolute Gasteiger partial charge is 0.253 e. The first-order chi connectivity index (χ1) is 14.2. The van der Waals surface area contributed by atoms with Gasteiger partial charge < -0.3 is 9.88 Å². The summed E-state index contributed by atoms with van der Waals surface area (Å²) in [5.41, 5.74) is 2.80. The number of H-pyrrole nitrogens is 1. The van der Waals surface area contributed by atoms with Crippen LogP contribution >= 0.6 is 11.3 Å². The van der Waals surface area contributed by atoms with Crippen molar-refractivity contribution in [1.82, 2.24) is 25.1 Å². The predicted octanol–water partition coefficient (Wildman–Crippen LogP) is 4.24. The number of carbonyl (C=O) groups excluding carboxylic acids is 1. The van der Waals surface area contributed by atoms with E-state index < -0.39 is 0 Å². The summed E-state index contributed by atoms with van der Waals surface area (Å²) < 4.78 is 14.0. The Balaban J connectivity index is 1.35. The summed E-state index contributed by atoms with van der Waals surface area (Å²) in [5.74, 6) is -0.184. The van der Waals surface area contributed by atoms with Gasteiger partial charge in [-0.15, -0.1) is 10.2 Å². The van der Waals surface area contributed by atoms with Crippen LogP contribution in [-0.2, 0) is 0 Å². The monoisotopic (exact) mass is 407 g/mol. The largest absolute Gasteiger partial charge is 0.345 e. The molecule has 5 rings (SSSR count). The maximum absolute atomic E-state index is 14.0. The number of rotatable bonds is 3. The van der Waals surface area contributed by atoms with Crippen LogP contribution < -0.4 is 0 Å². The molecule has 3 heterocycles. The van der Waals surface area contributed by atoms with Crippen molar-refractivity contribution < 1.29 is 9.18 Å². The molecule has 1 aliphatic rings. The van der Waals surface area contributed by atoms with E-state index >= 15 is 0 Å². The van der Waals surface area contributed by atoms with E-state index in [2.05, 4.69) is 20.2 Å². The quantitative estimate of drug-likeness (QED) is 0.551. The predicted molar refractivity (Wildman–Crippen MR) is 109 cm³/mol. The average molecular weight is 407 g/mol. The number of carbonyl (C=O) groups is 1. The SMILES string of the molecule is O=C(c1ccc2nc[nH]c2c1)N1CCCC(c2nnc(-c3ccccc3F)s2)C1. The minimum absolute atomic E-state index is 0.00467. The lowest BCUT2D eigenvalue weighted by Gasteiger charge is -2.31. The number of hydrogen-bond donors (Lipinski definition) is 1. The summed E-state index contributed by atoms with van der Waals surface area (Å²) in [4.78, 5) is 22.1. The van der Waals surface area contributed by atoms with Gasteiger partial charge in [-0.25, -0.2) is 9.37 Å². The van der Waals surface area contributed by atoms with Crippen LogP contribution in [0.4, 0.5) is 4.39 Å². The van der Waals surface area contributed by atoms with Gasteiger partial charge in [-0.05, 0) is 43.2 Å². The van der Waals surface area contributed by atoms with Crippen LogP contribution in [0.25, 0.3) is 21.6 Å². The number of fused-ring (bicyclic) bond motifs is 1. The standard InChI is InChI=1S/C21H18FN5OS/c22-16-6-2-1-5-15(16)20-26-25-19(29-20)14-4-3-9-27(11-14)21(28)13-7-8-17-18(10-13)24-12-23-17/h1-2,5-8,10,12,14H,3-4,9,11H2,(H,23,24). The van der Waals surface area contributed by atoms with Crippen LogP contribution in [0.5, 0.6) is 0 Å². The zero-order valence-electron chi connectivity index (χ0n) is 15.5. The summed E-state index contributed by atoms with van der Waals surface area (Å²) in [7, 11) is 0. The number of nitrogens with one attached hydrogen (secondary N) is 1. The Morgan fingerprint density at radius 3 is 3.00 bits per heavy atom. The molecule has 2 aromatic heterocycles. The number of likely N-dealkylation sites (tertiary alicyclic amines) is 1. The number of amides is 1. The summed E-state index contributed by atoms with van der Waals surface area (Å²) in [5, 5.41) is 9.93. The van der Waals surface area contributed by atoms with Crippen LogP contribution in [0.3, 0.4) is 0 Å². The molecule has 1 unspecified atom stereocenters. The molecule has 0 saturated carbocycles. The van der Waals surface area contributed by atoms with Gasteiger partial charge >= 0.3 is 0 Å². The second-order valence-electron chi connectivity index (χ2n) is 7.15. The maximum atomic E-state index is 14.0. The highest BCUT2D eigenvalue weighted by atomic mass is 32.1. The second kappa shape index (κ2) is 7.36. The lowest BCUT2D eigenvalue weighted by Crippen LogP contribution is -2.39. The fraction of sp³-hybridized carbons (Fsp3) is 0.238. The summed E-state index contributed by atoms with van der Waals surface area (Å²) in [6, 6.07) is 12.1. The van der Waals surface area contributed by atoms with E-state index in [1.165, 1.54) is 17.4 Å². The Kier molecular flexibility index (Phi) is 4.55. The van der Waals surface area contributed by atoms with Crippen molar-refractivity contribution in [2.75, 3.05) is 13.1 Å². The van der Waals surface area contributed by atoms with Crippen LogP contribution in [0.15, 0.2) is 48.8 Å². The minimum Gasteiger partial charge on any atom is -0.345 e. The molecular weight excluding hydrogens is 389 g/mol. The van der Waals surface area contributed by atoms with E-state index in [9.17, 15) is 9.18 Å². The molecule has 0 aliphatic carbocycles. The normalized spacial score (nSPS) is 17.0. The third-order valence-electron chi connectivity index (χ3n) is 5.27. The average Bonchev–Trinajstić information content (AvgIpc) is 3.43. The van der Waals surface area contributed by atoms with E-state index in [0.29, 0.717) is 22.7 Å². The summed E-state index contributed by atoms with van der Waals surface area (Å²) in [6.45, 7) is 1.31. The third-order valence-corrected chi connectivity index (χ3v) is 6.39. The first-order valence-electron chi connectivity index (χ1n) is 9.50. The topological polar surface area (TPSA) is 74.8 Å². The van der Waals surface area contributed by atoms with Crippen LogP contribution in [-0.4, -0.2) is 44.1 Å². The zero-order chi connectivity index (χ0) is 19.8. The first-order valence-corrected chi connectivity index (χ1v) is 10.3. The lowest BCUT2D eigenvalue weighted by molar-refractivity contribution is 0.0707. The van der Waals surface area contributed by atoms with Crippen LogP contribution in [0.2, 0.25) is 0 Å². The molecule has 8 heteroatoms. The number of benzene rings is 2. The van der Waals surface area contributed by atoms with Gasteiger partial charge in [0.05, 0.1) is 17.4 Å². The van der Waals surface area contributed by atoms with Crippen molar-refractivity contribution in [2.45, 2.75) is 18.8 Å². The molecular formula is C21H18FN5OS. The molecule has 1 atom stereocenters. The van der Waals surface area contributed by atoms with E-state index in [0.717, 1.165) is 35.4 Å². The second-order valence-corrected chi connectivity index (χ2v) is 8.16. The van der Waals surface area contributed by atoms with Gasteiger partial charge in [0.25, 0.3) is 5.91 Å². The third kappa shape index (κ3) is 3.40. The highest BCUT2D eigenvalue weighted by Gasteiger charge is 2.28. The highest BCUT2D eigenvalue weighted by molar-refractivity contribution is 7.14. The molecule has 29 heavy (non-hydrogen) atoms.